The third-order valence-corrected chi connectivity index (χ3v) is 8.06. The molecule has 2 aromatic carbocycles. The fraction of sp³-hybridized carbons (Fsp3) is 0.318. The van der Waals surface area contributed by atoms with Crippen molar-refractivity contribution in [2.45, 2.75) is 25.3 Å². The van der Waals surface area contributed by atoms with Crippen LogP contribution in [-0.4, -0.2) is 43.8 Å². The Labute approximate surface area is 184 Å². The van der Waals surface area contributed by atoms with Crippen LogP contribution in [0.2, 0.25) is 0 Å². The zero-order chi connectivity index (χ0) is 21.5. The van der Waals surface area contributed by atoms with Gasteiger partial charge in [-0.2, -0.15) is 4.31 Å². The van der Waals surface area contributed by atoms with Crippen molar-refractivity contribution in [2.24, 2.45) is 0 Å². The van der Waals surface area contributed by atoms with Crippen LogP contribution in [-0.2, 0) is 16.6 Å². The normalized spacial score (nSPS) is 16.2. The van der Waals surface area contributed by atoms with Crippen molar-refractivity contribution in [1.29, 1.82) is 0 Å². The number of benzene rings is 2. The number of aryl methyl sites for hydroxylation is 2. The van der Waals surface area contributed by atoms with E-state index in [-0.39, 0.29) is 5.63 Å². The predicted molar refractivity (Wildman–Crippen MR) is 120 cm³/mol. The lowest BCUT2D eigenvalue weighted by Gasteiger charge is -2.34. The maximum absolute atomic E-state index is 12.9. The fourth-order valence-corrected chi connectivity index (χ4v) is 5.42. The summed E-state index contributed by atoms with van der Waals surface area (Å²) in [7, 11) is -3.51. The van der Waals surface area contributed by atoms with Crippen LogP contribution in [0.15, 0.2) is 61.0 Å². The van der Waals surface area contributed by atoms with Crippen LogP contribution in [0, 0.1) is 13.8 Å². The van der Waals surface area contributed by atoms with Crippen LogP contribution in [0.4, 0.5) is 0 Å². The van der Waals surface area contributed by atoms with Gasteiger partial charge in [0.2, 0.25) is 10.0 Å². The molecule has 0 aliphatic carbocycles. The molecule has 0 radical (unpaired) electrons. The molecule has 0 saturated carbocycles. The lowest BCUT2D eigenvalue weighted by atomic mass is 10.0. The van der Waals surface area contributed by atoms with E-state index in [2.05, 4.69) is 26.9 Å². The van der Waals surface area contributed by atoms with Gasteiger partial charge in [0, 0.05) is 48.6 Å². The number of sulfonamides is 1. The van der Waals surface area contributed by atoms with Gasteiger partial charge < -0.3 is 4.42 Å². The number of rotatable bonds is 4. The Kier molecular flexibility index (Phi) is 5.85. The second-order valence-corrected chi connectivity index (χ2v) is 10.5. The first-order valence-electron chi connectivity index (χ1n) is 9.76. The molecule has 8 heteroatoms. The Balaban J connectivity index is 1.51. The Bertz CT molecular complexity index is 1240. The first-order valence-corrected chi connectivity index (χ1v) is 12.0. The molecule has 0 amide bonds. The molecular formula is C22H23BrN2O4S. The highest BCUT2D eigenvalue weighted by Gasteiger charge is 2.28. The highest BCUT2D eigenvalue weighted by Crippen LogP contribution is 2.24. The molecule has 0 unspecified atom stereocenters. The molecule has 0 N–H and O–H groups in total. The monoisotopic (exact) mass is 490 g/mol. The maximum atomic E-state index is 12.9. The van der Waals surface area contributed by atoms with Gasteiger partial charge in [-0.3, -0.25) is 4.90 Å². The van der Waals surface area contributed by atoms with E-state index >= 15 is 0 Å². The van der Waals surface area contributed by atoms with Crippen molar-refractivity contribution in [1.82, 2.24) is 9.21 Å². The number of piperazine rings is 1. The van der Waals surface area contributed by atoms with Crippen LogP contribution in [0.5, 0.6) is 0 Å². The number of halogens is 1. The predicted octanol–water partition coefficient (Wildman–Crippen LogP) is 3.68. The molecule has 1 aromatic heterocycles. The number of hydrogen-bond donors (Lipinski definition) is 0. The second kappa shape index (κ2) is 8.26. The Hall–Kier alpha value is -2.00. The van der Waals surface area contributed by atoms with E-state index in [4.69, 9.17) is 4.42 Å². The summed E-state index contributed by atoms with van der Waals surface area (Å²) in [5.74, 6) is 0. The molecule has 1 saturated heterocycles. The van der Waals surface area contributed by atoms with E-state index in [0.29, 0.717) is 43.2 Å². The lowest BCUT2D eigenvalue weighted by Crippen LogP contribution is -2.48. The van der Waals surface area contributed by atoms with Gasteiger partial charge in [0.15, 0.2) is 0 Å². The third kappa shape index (κ3) is 4.23. The average Bonchev–Trinajstić information content (AvgIpc) is 2.70. The molecule has 2 heterocycles. The Morgan fingerprint density at radius 1 is 0.967 bits per heavy atom. The summed E-state index contributed by atoms with van der Waals surface area (Å²) >= 11 is 3.33. The summed E-state index contributed by atoms with van der Waals surface area (Å²) < 4.78 is 33.5. The standard InChI is InChI=1S/C22H23BrN2O4S/c1-15-11-20-17(13-22(26)29-21(20)12-16(15)2)14-24-7-9-25(10-8-24)30(27,28)19-5-3-18(23)4-6-19/h3-6,11-13H,7-10,14H2,1-2H3. The first-order chi connectivity index (χ1) is 14.2. The Morgan fingerprint density at radius 3 is 2.27 bits per heavy atom. The van der Waals surface area contributed by atoms with Gasteiger partial charge in [0.05, 0.1) is 4.90 Å². The number of hydrogen-bond acceptors (Lipinski definition) is 5. The molecule has 1 aliphatic rings. The topological polar surface area (TPSA) is 70.8 Å². The summed E-state index contributed by atoms with van der Waals surface area (Å²) in [4.78, 5) is 14.5. The van der Waals surface area contributed by atoms with Crippen LogP contribution in [0.25, 0.3) is 11.0 Å². The molecule has 0 atom stereocenters. The summed E-state index contributed by atoms with van der Waals surface area (Å²) in [5, 5.41) is 0.933. The summed E-state index contributed by atoms with van der Waals surface area (Å²) in [6, 6.07) is 12.2. The van der Waals surface area contributed by atoms with Gasteiger partial charge in [-0.05, 0) is 66.9 Å². The second-order valence-electron chi connectivity index (χ2n) is 7.66. The minimum absolute atomic E-state index is 0.302. The molecule has 4 rings (SSSR count). The van der Waals surface area contributed by atoms with Gasteiger partial charge in [0.1, 0.15) is 5.58 Å². The molecule has 1 aliphatic heterocycles. The fourth-order valence-electron chi connectivity index (χ4n) is 3.74. The molecule has 3 aromatic rings. The minimum atomic E-state index is -3.51. The quantitative estimate of drug-likeness (QED) is 0.521. The van der Waals surface area contributed by atoms with Gasteiger partial charge in [-0.15, -0.1) is 0 Å². The van der Waals surface area contributed by atoms with Gasteiger partial charge in [-0.25, -0.2) is 13.2 Å². The first kappa shape index (κ1) is 21.2. The lowest BCUT2D eigenvalue weighted by molar-refractivity contribution is 0.182. The van der Waals surface area contributed by atoms with Crippen molar-refractivity contribution in [3.8, 4) is 0 Å². The van der Waals surface area contributed by atoms with E-state index in [1.165, 1.54) is 4.31 Å². The smallest absolute Gasteiger partial charge is 0.336 e. The average molecular weight is 491 g/mol. The Morgan fingerprint density at radius 2 is 1.60 bits per heavy atom. The van der Waals surface area contributed by atoms with Gasteiger partial charge >= 0.3 is 5.63 Å². The van der Waals surface area contributed by atoms with E-state index in [9.17, 15) is 13.2 Å². The summed E-state index contributed by atoms with van der Waals surface area (Å²) in [6.07, 6.45) is 0. The van der Waals surface area contributed by atoms with Crippen molar-refractivity contribution in [3.63, 3.8) is 0 Å². The molecule has 0 spiro atoms. The number of nitrogens with zero attached hydrogens (tertiary/aromatic N) is 2. The van der Waals surface area contributed by atoms with Crippen LogP contribution < -0.4 is 5.63 Å². The summed E-state index contributed by atoms with van der Waals surface area (Å²) in [5.41, 5.74) is 3.36. The highest BCUT2D eigenvalue weighted by molar-refractivity contribution is 9.10. The van der Waals surface area contributed by atoms with Crippen molar-refractivity contribution >= 4 is 36.9 Å². The minimum Gasteiger partial charge on any atom is -0.423 e. The van der Waals surface area contributed by atoms with Crippen molar-refractivity contribution in [3.05, 3.63) is 74.0 Å². The molecule has 30 heavy (non-hydrogen) atoms. The van der Waals surface area contributed by atoms with E-state index < -0.39 is 10.0 Å². The van der Waals surface area contributed by atoms with Crippen LogP contribution in [0.3, 0.4) is 0 Å². The summed E-state index contributed by atoms with van der Waals surface area (Å²) in [6.45, 7) is 6.63. The van der Waals surface area contributed by atoms with Gasteiger partial charge in [-0.1, -0.05) is 15.9 Å². The van der Waals surface area contributed by atoms with Gasteiger partial charge in [0.25, 0.3) is 0 Å². The van der Waals surface area contributed by atoms with Crippen molar-refractivity contribution < 1.29 is 12.8 Å². The van der Waals surface area contributed by atoms with Crippen LogP contribution >= 0.6 is 15.9 Å². The molecular weight excluding hydrogens is 468 g/mol. The zero-order valence-electron chi connectivity index (χ0n) is 16.9. The highest BCUT2D eigenvalue weighted by atomic mass is 79.9. The maximum Gasteiger partial charge on any atom is 0.336 e. The van der Waals surface area contributed by atoms with E-state index in [1.807, 2.05) is 19.9 Å². The SMILES string of the molecule is Cc1cc2oc(=O)cc(CN3CCN(S(=O)(=O)c4ccc(Br)cc4)CC3)c2cc1C. The molecule has 1 fully saturated rings. The molecule has 6 nitrogen and oxygen atoms in total. The largest absolute Gasteiger partial charge is 0.423 e. The zero-order valence-corrected chi connectivity index (χ0v) is 19.3. The third-order valence-electron chi connectivity index (χ3n) is 5.62. The van der Waals surface area contributed by atoms with E-state index in [1.54, 1.807) is 30.3 Å². The van der Waals surface area contributed by atoms with Crippen LogP contribution in [0.1, 0.15) is 16.7 Å². The van der Waals surface area contributed by atoms with Crippen molar-refractivity contribution in [2.75, 3.05) is 26.2 Å². The molecule has 0 bridgehead atoms. The van der Waals surface area contributed by atoms with E-state index in [0.717, 1.165) is 26.5 Å². The molecule has 158 valence electrons. The number of fused-ring (bicyclic) bond motifs is 1.